The Hall–Kier alpha value is -1.43. The third-order valence-corrected chi connectivity index (χ3v) is 1.97. The molecule has 1 rings (SSSR count). The van der Waals surface area contributed by atoms with Crippen molar-refractivity contribution in [2.45, 2.75) is 12.8 Å². The first-order valence-electron chi connectivity index (χ1n) is 3.66. The third-order valence-electron chi connectivity index (χ3n) is 1.28. The van der Waals surface area contributed by atoms with Gasteiger partial charge in [0.05, 0.1) is 0 Å². The molecule has 0 saturated heterocycles. The highest BCUT2D eigenvalue weighted by atomic mass is 32.1. The molecule has 3 N–H and O–H groups in total. The van der Waals surface area contributed by atoms with Gasteiger partial charge in [0.1, 0.15) is 0 Å². The molecule has 0 aliphatic rings. The number of anilines is 1. The summed E-state index contributed by atoms with van der Waals surface area (Å²) in [7, 11) is 0. The fourth-order valence-electron chi connectivity index (χ4n) is 0.704. The molecule has 0 aliphatic heterocycles. The zero-order chi connectivity index (χ0) is 9.68. The molecule has 5 nitrogen and oxygen atoms in total. The smallest absolute Gasteiger partial charge is 0.226 e. The highest BCUT2D eigenvalue weighted by Crippen LogP contribution is 2.10. The fraction of sp³-hybridized carbons (Fsp3) is 0.286. The highest BCUT2D eigenvalue weighted by molar-refractivity contribution is 7.13. The van der Waals surface area contributed by atoms with Crippen LogP contribution in [0.2, 0.25) is 0 Å². The van der Waals surface area contributed by atoms with E-state index in [-0.39, 0.29) is 18.7 Å². The maximum Gasteiger partial charge on any atom is 0.226 e. The Morgan fingerprint density at radius 2 is 2.31 bits per heavy atom. The molecule has 0 spiro atoms. The van der Waals surface area contributed by atoms with E-state index in [4.69, 9.17) is 5.73 Å². The van der Waals surface area contributed by atoms with Crippen LogP contribution in [-0.2, 0) is 9.59 Å². The Morgan fingerprint density at radius 3 is 2.85 bits per heavy atom. The Labute approximate surface area is 79.0 Å². The molecule has 1 heterocycles. The van der Waals surface area contributed by atoms with Crippen molar-refractivity contribution in [3.8, 4) is 0 Å². The van der Waals surface area contributed by atoms with E-state index in [2.05, 4.69) is 10.3 Å². The summed E-state index contributed by atoms with van der Waals surface area (Å²) in [6, 6.07) is 0. The average molecular weight is 199 g/mol. The summed E-state index contributed by atoms with van der Waals surface area (Å²) >= 11 is 1.33. The van der Waals surface area contributed by atoms with E-state index in [9.17, 15) is 9.59 Å². The van der Waals surface area contributed by atoms with Crippen LogP contribution in [-0.4, -0.2) is 16.8 Å². The standard InChI is InChI=1S/C7H9N3O2S/c8-5(11)1-2-6(12)10-7-9-3-4-13-7/h3-4H,1-2H2,(H2,8,11)(H,9,10,12). The van der Waals surface area contributed by atoms with Gasteiger partial charge in [-0.05, 0) is 0 Å². The first-order valence-corrected chi connectivity index (χ1v) is 4.54. The summed E-state index contributed by atoms with van der Waals surface area (Å²) in [4.78, 5) is 25.3. The molecule has 0 aliphatic carbocycles. The van der Waals surface area contributed by atoms with Crippen molar-refractivity contribution in [2.24, 2.45) is 5.73 Å². The van der Waals surface area contributed by atoms with E-state index in [0.29, 0.717) is 5.13 Å². The first kappa shape index (κ1) is 9.66. The minimum absolute atomic E-state index is 0.0667. The van der Waals surface area contributed by atoms with Gasteiger partial charge in [-0.2, -0.15) is 0 Å². The van der Waals surface area contributed by atoms with E-state index in [1.165, 1.54) is 11.3 Å². The molecule has 0 fully saturated rings. The molecular weight excluding hydrogens is 190 g/mol. The van der Waals surface area contributed by atoms with Gasteiger partial charge >= 0.3 is 0 Å². The van der Waals surface area contributed by atoms with Gasteiger partial charge in [-0.15, -0.1) is 11.3 Å². The lowest BCUT2D eigenvalue weighted by Crippen LogP contribution is -2.17. The molecule has 13 heavy (non-hydrogen) atoms. The molecule has 2 amide bonds. The van der Waals surface area contributed by atoms with Crippen LogP contribution in [0.1, 0.15) is 12.8 Å². The zero-order valence-corrected chi connectivity index (χ0v) is 7.63. The Kier molecular flexibility index (Phi) is 3.39. The summed E-state index contributed by atoms with van der Waals surface area (Å²) < 4.78 is 0. The summed E-state index contributed by atoms with van der Waals surface area (Å²) in [5.41, 5.74) is 4.88. The third kappa shape index (κ3) is 3.66. The maximum atomic E-state index is 11.1. The van der Waals surface area contributed by atoms with Gasteiger partial charge < -0.3 is 11.1 Å². The zero-order valence-electron chi connectivity index (χ0n) is 6.82. The van der Waals surface area contributed by atoms with Crippen molar-refractivity contribution in [1.29, 1.82) is 0 Å². The highest BCUT2D eigenvalue weighted by Gasteiger charge is 2.05. The number of nitrogens with zero attached hydrogens (tertiary/aromatic N) is 1. The normalized spacial score (nSPS) is 9.54. The number of carbonyl (C=O) groups excluding carboxylic acids is 2. The van der Waals surface area contributed by atoms with Crippen molar-refractivity contribution in [2.75, 3.05) is 5.32 Å². The largest absolute Gasteiger partial charge is 0.370 e. The predicted molar refractivity (Wildman–Crippen MR) is 49.2 cm³/mol. The lowest BCUT2D eigenvalue weighted by atomic mass is 10.3. The Morgan fingerprint density at radius 1 is 1.54 bits per heavy atom. The molecule has 0 aromatic carbocycles. The molecule has 0 unspecified atom stereocenters. The van der Waals surface area contributed by atoms with Gasteiger partial charge in [-0.1, -0.05) is 0 Å². The van der Waals surface area contributed by atoms with Crippen molar-refractivity contribution in [1.82, 2.24) is 4.98 Å². The summed E-state index contributed by atoms with van der Waals surface area (Å²) in [6.45, 7) is 0. The second-order valence-corrected chi connectivity index (χ2v) is 3.25. The summed E-state index contributed by atoms with van der Waals surface area (Å²) in [6.07, 6.45) is 1.76. The minimum Gasteiger partial charge on any atom is -0.370 e. The lowest BCUT2D eigenvalue weighted by molar-refractivity contribution is -0.122. The van der Waals surface area contributed by atoms with Crippen LogP contribution in [0.4, 0.5) is 5.13 Å². The van der Waals surface area contributed by atoms with E-state index in [0.717, 1.165) is 0 Å². The van der Waals surface area contributed by atoms with E-state index in [1.807, 2.05) is 0 Å². The summed E-state index contributed by atoms with van der Waals surface area (Å²) in [5, 5.41) is 4.83. The second-order valence-electron chi connectivity index (χ2n) is 2.35. The lowest BCUT2D eigenvalue weighted by Gasteiger charge is -1.98. The molecule has 0 bridgehead atoms. The van der Waals surface area contributed by atoms with E-state index >= 15 is 0 Å². The molecule has 70 valence electrons. The monoisotopic (exact) mass is 199 g/mol. The van der Waals surface area contributed by atoms with Gasteiger partial charge in [0.25, 0.3) is 0 Å². The van der Waals surface area contributed by atoms with Crippen molar-refractivity contribution in [3.63, 3.8) is 0 Å². The van der Waals surface area contributed by atoms with Crippen LogP contribution in [0.3, 0.4) is 0 Å². The quantitative estimate of drug-likeness (QED) is 0.733. The van der Waals surface area contributed by atoms with Crippen LogP contribution in [0.5, 0.6) is 0 Å². The van der Waals surface area contributed by atoms with Gasteiger partial charge in [0.15, 0.2) is 5.13 Å². The maximum absolute atomic E-state index is 11.1. The van der Waals surface area contributed by atoms with Crippen molar-refractivity contribution < 1.29 is 9.59 Å². The number of amides is 2. The second kappa shape index (κ2) is 4.56. The molecule has 0 atom stereocenters. The molecular formula is C7H9N3O2S. The summed E-state index contributed by atoms with van der Waals surface area (Å²) in [5.74, 6) is -0.719. The van der Waals surface area contributed by atoms with Gasteiger partial charge in [-0.3, -0.25) is 9.59 Å². The molecule has 0 saturated carbocycles. The van der Waals surface area contributed by atoms with Gasteiger partial charge in [-0.25, -0.2) is 4.98 Å². The number of primary amides is 1. The number of aromatic nitrogens is 1. The first-order chi connectivity index (χ1) is 6.18. The molecule has 6 heteroatoms. The SMILES string of the molecule is NC(=O)CCC(=O)Nc1nccs1. The number of hydrogen-bond donors (Lipinski definition) is 2. The molecule has 1 aromatic rings. The van der Waals surface area contributed by atoms with Crippen LogP contribution < -0.4 is 11.1 Å². The van der Waals surface area contributed by atoms with E-state index in [1.54, 1.807) is 11.6 Å². The predicted octanol–water partition coefficient (Wildman–Crippen LogP) is 0.347. The number of hydrogen-bond acceptors (Lipinski definition) is 4. The van der Waals surface area contributed by atoms with Crippen molar-refractivity contribution in [3.05, 3.63) is 11.6 Å². The number of carbonyl (C=O) groups is 2. The average Bonchev–Trinajstić information content (AvgIpc) is 2.53. The minimum atomic E-state index is -0.478. The molecule has 1 aromatic heterocycles. The number of nitrogens with two attached hydrogens (primary N) is 1. The van der Waals surface area contributed by atoms with Crippen LogP contribution in [0.15, 0.2) is 11.6 Å². The topological polar surface area (TPSA) is 85.1 Å². The Bertz CT molecular complexity index is 297. The van der Waals surface area contributed by atoms with Gasteiger partial charge in [0.2, 0.25) is 11.8 Å². The van der Waals surface area contributed by atoms with Crippen LogP contribution in [0, 0.1) is 0 Å². The van der Waals surface area contributed by atoms with Crippen LogP contribution >= 0.6 is 11.3 Å². The number of rotatable bonds is 4. The van der Waals surface area contributed by atoms with E-state index < -0.39 is 5.91 Å². The number of thiazole rings is 1. The van der Waals surface area contributed by atoms with Gasteiger partial charge in [0, 0.05) is 24.4 Å². The Balaban J connectivity index is 2.30. The molecule has 0 radical (unpaired) electrons. The van der Waals surface area contributed by atoms with Crippen LogP contribution in [0.25, 0.3) is 0 Å². The van der Waals surface area contributed by atoms with Crippen molar-refractivity contribution >= 4 is 28.3 Å². The fourth-order valence-corrected chi connectivity index (χ4v) is 1.25. The number of nitrogens with one attached hydrogen (secondary N) is 1.